The molecule has 4 aromatic rings. The third kappa shape index (κ3) is 1.95. The Balaban J connectivity index is 2.03. The van der Waals surface area contributed by atoms with Crippen LogP contribution < -0.4 is 5.73 Å². The summed E-state index contributed by atoms with van der Waals surface area (Å²) in [5.74, 6) is 0. The zero-order valence-corrected chi connectivity index (χ0v) is 12.0. The maximum absolute atomic E-state index is 6.29. The first-order valence-corrected chi connectivity index (χ1v) is 7.21. The van der Waals surface area contributed by atoms with Crippen molar-refractivity contribution in [2.24, 2.45) is 0 Å². The van der Waals surface area contributed by atoms with E-state index in [9.17, 15) is 0 Å². The Kier molecular flexibility index (Phi) is 2.90. The van der Waals surface area contributed by atoms with Crippen molar-refractivity contribution >= 4 is 16.7 Å². The van der Waals surface area contributed by atoms with Crippen molar-refractivity contribution in [1.29, 1.82) is 0 Å². The number of nitrogens with zero attached hydrogens (tertiary/aromatic N) is 2. The van der Waals surface area contributed by atoms with Crippen molar-refractivity contribution in [2.75, 3.05) is 5.73 Å². The highest BCUT2D eigenvalue weighted by Gasteiger charge is 2.12. The van der Waals surface area contributed by atoms with Gasteiger partial charge in [-0.1, -0.05) is 54.6 Å². The van der Waals surface area contributed by atoms with Crippen LogP contribution in [0.5, 0.6) is 0 Å². The Bertz CT molecular complexity index is 939. The summed E-state index contributed by atoms with van der Waals surface area (Å²) in [7, 11) is 0. The van der Waals surface area contributed by atoms with Crippen LogP contribution in [0.2, 0.25) is 0 Å². The normalized spacial score (nSPS) is 10.9. The molecular weight excluding hydrogens is 270 g/mol. The predicted octanol–water partition coefficient (Wildman–Crippen LogP) is 4.27. The summed E-state index contributed by atoms with van der Waals surface area (Å²) in [6.07, 6.45) is 1.84. The van der Waals surface area contributed by atoms with Crippen molar-refractivity contribution in [3.63, 3.8) is 0 Å². The van der Waals surface area contributed by atoms with Gasteiger partial charge in [-0.2, -0.15) is 0 Å². The number of hydrogen-bond donors (Lipinski definition) is 1. The van der Waals surface area contributed by atoms with Gasteiger partial charge in [0.25, 0.3) is 0 Å². The molecule has 0 aliphatic carbocycles. The fourth-order valence-electron chi connectivity index (χ4n) is 2.82. The Morgan fingerprint density at radius 2 is 1.55 bits per heavy atom. The smallest absolute Gasteiger partial charge is 0.100 e. The molecule has 0 atom stereocenters. The van der Waals surface area contributed by atoms with E-state index in [0.717, 1.165) is 33.5 Å². The second-order valence-corrected chi connectivity index (χ2v) is 5.21. The largest absolute Gasteiger partial charge is 0.397 e. The Labute approximate surface area is 128 Å². The fraction of sp³-hybridized carbons (Fsp3) is 0. The van der Waals surface area contributed by atoms with E-state index in [-0.39, 0.29) is 0 Å². The van der Waals surface area contributed by atoms with E-state index >= 15 is 0 Å². The standard InChI is InChI=1S/C19H15N3/c20-16-10-6-9-15(14-7-2-1-3-8-14)19(16)22-13-21-17-11-4-5-12-18(17)22/h1-13H,20H2. The van der Waals surface area contributed by atoms with E-state index in [1.54, 1.807) is 0 Å². The first kappa shape index (κ1) is 12.7. The number of anilines is 1. The van der Waals surface area contributed by atoms with Crippen LogP contribution in [0.4, 0.5) is 5.69 Å². The minimum absolute atomic E-state index is 0.740. The van der Waals surface area contributed by atoms with E-state index in [0.29, 0.717) is 0 Å². The van der Waals surface area contributed by atoms with Crippen molar-refractivity contribution in [3.8, 4) is 16.8 Å². The number of hydrogen-bond acceptors (Lipinski definition) is 2. The summed E-state index contributed by atoms with van der Waals surface area (Å²) < 4.78 is 2.06. The molecule has 1 heterocycles. The summed E-state index contributed by atoms with van der Waals surface area (Å²) in [6.45, 7) is 0. The average molecular weight is 285 g/mol. The number of nitrogen functional groups attached to an aromatic ring is 1. The Morgan fingerprint density at radius 3 is 2.41 bits per heavy atom. The first-order chi connectivity index (χ1) is 10.8. The molecule has 3 aromatic carbocycles. The third-order valence-electron chi connectivity index (χ3n) is 3.85. The highest BCUT2D eigenvalue weighted by Crippen LogP contribution is 2.33. The van der Waals surface area contributed by atoms with Crippen molar-refractivity contribution < 1.29 is 0 Å². The van der Waals surface area contributed by atoms with E-state index in [1.807, 2.05) is 54.9 Å². The maximum Gasteiger partial charge on any atom is 0.100 e. The summed E-state index contributed by atoms with van der Waals surface area (Å²) in [4.78, 5) is 4.48. The van der Waals surface area contributed by atoms with Crippen LogP contribution in [0.1, 0.15) is 0 Å². The monoisotopic (exact) mass is 285 g/mol. The van der Waals surface area contributed by atoms with Crippen LogP contribution in [0.25, 0.3) is 27.8 Å². The van der Waals surface area contributed by atoms with Gasteiger partial charge in [0.15, 0.2) is 0 Å². The fourth-order valence-corrected chi connectivity index (χ4v) is 2.82. The molecule has 0 aliphatic heterocycles. The lowest BCUT2D eigenvalue weighted by atomic mass is 10.0. The van der Waals surface area contributed by atoms with Crippen molar-refractivity contribution in [2.45, 2.75) is 0 Å². The van der Waals surface area contributed by atoms with Gasteiger partial charge in [-0.15, -0.1) is 0 Å². The molecule has 0 spiro atoms. The van der Waals surface area contributed by atoms with E-state index < -0.39 is 0 Å². The van der Waals surface area contributed by atoms with E-state index in [2.05, 4.69) is 33.8 Å². The lowest BCUT2D eigenvalue weighted by Gasteiger charge is -2.14. The minimum Gasteiger partial charge on any atom is -0.397 e. The zero-order chi connectivity index (χ0) is 14.9. The van der Waals surface area contributed by atoms with E-state index in [4.69, 9.17) is 5.73 Å². The Hall–Kier alpha value is -3.07. The number of rotatable bonds is 2. The number of nitrogens with two attached hydrogens (primary N) is 1. The number of para-hydroxylation sites is 3. The molecule has 0 unspecified atom stereocenters. The Morgan fingerprint density at radius 1 is 0.773 bits per heavy atom. The molecule has 1 aromatic heterocycles. The molecule has 0 radical (unpaired) electrons. The van der Waals surface area contributed by atoms with Crippen molar-refractivity contribution in [3.05, 3.63) is 79.1 Å². The lowest BCUT2D eigenvalue weighted by Crippen LogP contribution is -2.01. The molecule has 0 aliphatic rings. The van der Waals surface area contributed by atoms with Gasteiger partial charge in [0, 0.05) is 5.56 Å². The second-order valence-electron chi connectivity index (χ2n) is 5.21. The molecule has 106 valence electrons. The predicted molar refractivity (Wildman–Crippen MR) is 90.9 cm³/mol. The second kappa shape index (κ2) is 5.04. The summed E-state index contributed by atoms with van der Waals surface area (Å²) >= 11 is 0. The highest BCUT2D eigenvalue weighted by molar-refractivity contribution is 5.85. The minimum atomic E-state index is 0.740. The van der Waals surface area contributed by atoms with Gasteiger partial charge in [0.05, 0.1) is 22.4 Å². The number of fused-ring (bicyclic) bond motifs is 1. The molecule has 0 saturated heterocycles. The van der Waals surface area contributed by atoms with Gasteiger partial charge in [-0.25, -0.2) is 4.98 Å². The summed E-state index contributed by atoms with van der Waals surface area (Å²) in [6, 6.07) is 24.4. The summed E-state index contributed by atoms with van der Waals surface area (Å²) in [5, 5.41) is 0. The molecule has 0 saturated carbocycles. The number of benzene rings is 3. The van der Waals surface area contributed by atoms with Crippen LogP contribution in [0.15, 0.2) is 79.1 Å². The topological polar surface area (TPSA) is 43.8 Å². The lowest BCUT2D eigenvalue weighted by molar-refractivity contribution is 1.10. The van der Waals surface area contributed by atoms with Crippen LogP contribution in [0.3, 0.4) is 0 Å². The quantitative estimate of drug-likeness (QED) is 0.559. The maximum atomic E-state index is 6.29. The van der Waals surface area contributed by atoms with Crippen LogP contribution in [0, 0.1) is 0 Å². The molecule has 3 nitrogen and oxygen atoms in total. The molecule has 3 heteroatoms. The van der Waals surface area contributed by atoms with Gasteiger partial charge in [-0.05, 0) is 23.8 Å². The molecule has 2 N–H and O–H groups in total. The van der Waals surface area contributed by atoms with Gasteiger partial charge in [0.1, 0.15) is 6.33 Å². The van der Waals surface area contributed by atoms with Crippen molar-refractivity contribution in [1.82, 2.24) is 9.55 Å². The van der Waals surface area contributed by atoms with Crippen LogP contribution in [-0.2, 0) is 0 Å². The average Bonchev–Trinajstić information content (AvgIpc) is 2.99. The molecule has 0 fully saturated rings. The van der Waals surface area contributed by atoms with E-state index in [1.165, 1.54) is 0 Å². The zero-order valence-electron chi connectivity index (χ0n) is 12.0. The summed E-state index contributed by atoms with van der Waals surface area (Å²) in [5.41, 5.74) is 12.3. The molecule has 0 amide bonds. The van der Waals surface area contributed by atoms with Gasteiger partial charge < -0.3 is 5.73 Å². The molecule has 0 bridgehead atoms. The molecule has 22 heavy (non-hydrogen) atoms. The molecule has 4 rings (SSSR count). The molecular formula is C19H15N3. The number of aromatic nitrogens is 2. The number of imidazole rings is 1. The van der Waals surface area contributed by atoms with Gasteiger partial charge in [0.2, 0.25) is 0 Å². The van der Waals surface area contributed by atoms with Crippen LogP contribution >= 0.6 is 0 Å². The third-order valence-corrected chi connectivity index (χ3v) is 3.85. The SMILES string of the molecule is Nc1cccc(-c2ccccc2)c1-n1cnc2ccccc21. The van der Waals surface area contributed by atoms with Gasteiger partial charge in [-0.3, -0.25) is 4.57 Å². The first-order valence-electron chi connectivity index (χ1n) is 7.21. The van der Waals surface area contributed by atoms with Gasteiger partial charge >= 0.3 is 0 Å². The highest BCUT2D eigenvalue weighted by atomic mass is 15.1. The van der Waals surface area contributed by atoms with Crippen LogP contribution in [-0.4, -0.2) is 9.55 Å².